The summed E-state index contributed by atoms with van der Waals surface area (Å²) in [5.74, 6) is -1.89. The van der Waals surface area contributed by atoms with Crippen molar-refractivity contribution in [2.75, 3.05) is 12.0 Å². The fraction of sp³-hybridized carbons (Fsp3) is 0.241. The Morgan fingerprint density at radius 3 is 2.29 bits per heavy atom. The van der Waals surface area contributed by atoms with Crippen LogP contribution in [0.25, 0.3) is 5.76 Å². The lowest BCUT2D eigenvalue weighted by Gasteiger charge is -2.27. The molecule has 3 aromatic rings. The monoisotopic (exact) mass is 473 g/mol. The van der Waals surface area contributed by atoms with Crippen molar-refractivity contribution in [2.24, 2.45) is 0 Å². The standard InChI is InChI=1S/C29H28FNO4/c1-17-10-11-18(29(2,3)4)16-22(17)26(32)24-25(21-8-6-7-9-23(21)35-5)31(28(34)27(24)33)20-14-12-19(30)13-15-20/h6-16,25,32H,1-5H3/b26-24+. The molecular formula is C29H28FNO4. The highest BCUT2D eigenvalue weighted by atomic mass is 19.1. The molecule has 1 unspecified atom stereocenters. The molecule has 0 bridgehead atoms. The minimum Gasteiger partial charge on any atom is -0.507 e. The van der Waals surface area contributed by atoms with Crippen LogP contribution in [0.3, 0.4) is 0 Å². The molecule has 1 atom stereocenters. The maximum absolute atomic E-state index is 13.7. The van der Waals surface area contributed by atoms with Crippen molar-refractivity contribution in [3.63, 3.8) is 0 Å². The van der Waals surface area contributed by atoms with E-state index >= 15 is 0 Å². The van der Waals surface area contributed by atoms with Crippen LogP contribution in [0.5, 0.6) is 5.75 Å². The van der Waals surface area contributed by atoms with Gasteiger partial charge in [-0.1, -0.05) is 51.1 Å². The van der Waals surface area contributed by atoms with Crippen molar-refractivity contribution in [2.45, 2.75) is 39.2 Å². The minimum atomic E-state index is -0.964. The number of aliphatic hydroxyl groups is 1. The Hall–Kier alpha value is -3.93. The minimum absolute atomic E-state index is 0.0435. The molecule has 6 heteroatoms. The van der Waals surface area contributed by atoms with Gasteiger partial charge in [-0.2, -0.15) is 0 Å². The molecule has 1 N–H and O–H groups in total. The van der Waals surface area contributed by atoms with Crippen LogP contribution >= 0.6 is 0 Å². The van der Waals surface area contributed by atoms with Gasteiger partial charge in [-0.15, -0.1) is 0 Å². The molecule has 3 aromatic carbocycles. The predicted molar refractivity (Wildman–Crippen MR) is 134 cm³/mol. The molecule has 180 valence electrons. The van der Waals surface area contributed by atoms with Gasteiger partial charge >= 0.3 is 0 Å². The Kier molecular flexibility index (Phi) is 6.24. The zero-order valence-corrected chi connectivity index (χ0v) is 20.4. The average molecular weight is 474 g/mol. The summed E-state index contributed by atoms with van der Waals surface area (Å²) in [4.78, 5) is 28.0. The third kappa shape index (κ3) is 4.32. The molecule has 5 nitrogen and oxygen atoms in total. The van der Waals surface area contributed by atoms with E-state index in [1.807, 2.05) is 25.1 Å². The number of rotatable bonds is 4. The van der Waals surface area contributed by atoms with E-state index in [9.17, 15) is 19.1 Å². The van der Waals surface area contributed by atoms with E-state index in [0.717, 1.165) is 11.1 Å². The number of nitrogens with zero attached hydrogens (tertiary/aromatic N) is 1. The third-order valence-corrected chi connectivity index (χ3v) is 6.34. The normalized spacial score (nSPS) is 17.7. The van der Waals surface area contributed by atoms with Gasteiger partial charge in [0.25, 0.3) is 11.7 Å². The zero-order valence-electron chi connectivity index (χ0n) is 20.4. The van der Waals surface area contributed by atoms with Crippen LogP contribution in [0.1, 0.15) is 49.1 Å². The number of carbonyl (C=O) groups is 2. The largest absolute Gasteiger partial charge is 0.507 e. The van der Waals surface area contributed by atoms with Crippen molar-refractivity contribution in [3.8, 4) is 5.75 Å². The number of carbonyl (C=O) groups excluding carboxylic acids is 2. The number of aryl methyl sites for hydroxylation is 1. The number of hydrogen-bond acceptors (Lipinski definition) is 4. The highest BCUT2D eigenvalue weighted by molar-refractivity contribution is 6.51. The fourth-order valence-corrected chi connectivity index (χ4v) is 4.38. The molecule has 1 amide bonds. The van der Waals surface area contributed by atoms with E-state index in [-0.39, 0.29) is 16.7 Å². The number of hydrogen-bond donors (Lipinski definition) is 1. The first-order chi connectivity index (χ1) is 16.5. The van der Waals surface area contributed by atoms with Crippen LogP contribution in [0.2, 0.25) is 0 Å². The SMILES string of the molecule is COc1ccccc1C1/C(=C(\O)c2cc(C(C)(C)C)ccc2C)C(=O)C(=O)N1c1ccc(F)cc1. The van der Waals surface area contributed by atoms with Crippen LogP contribution in [-0.4, -0.2) is 23.9 Å². The second-order valence-electron chi connectivity index (χ2n) is 9.67. The van der Waals surface area contributed by atoms with Gasteiger partial charge in [0.1, 0.15) is 17.3 Å². The summed E-state index contributed by atoms with van der Waals surface area (Å²) in [5.41, 5.74) is 2.86. The summed E-state index contributed by atoms with van der Waals surface area (Å²) in [6, 6.07) is 17.1. The molecule has 1 aliphatic rings. The van der Waals surface area contributed by atoms with E-state index in [1.54, 1.807) is 24.3 Å². The molecule has 1 aliphatic heterocycles. The molecule has 4 rings (SSSR count). The van der Waals surface area contributed by atoms with E-state index in [4.69, 9.17) is 4.74 Å². The van der Waals surface area contributed by atoms with Gasteiger partial charge in [-0.3, -0.25) is 14.5 Å². The molecule has 35 heavy (non-hydrogen) atoms. The van der Waals surface area contributed by atoms with Gasteiger partial charge in [0.2, 0.25) is 0 Å². The molecule has 0 saturated carbocycles. The molecule has 1 fully saturated rings. The maximum Gasteiger partial charge on any atom is 0.300 e. The Labute approximate surface area is 204 Å². The molecule has 0 aliphatic carbocycles. The number of ether oxygens (including phenoxy) is 1. The number of halogens is 1. The highest BCUT2D eigenvalue weighted by Gasteiger charge is 2.48. The van der Waals surface area contributed by atoms with E-state index < -0.39 is 23.5 Å². The number of aliphatic hydroxyl groups excluding tert-OH is 1. The van der Waals surface area contributed by atoms with Crippen LogP contribution in [0.15, 0.2) is 72.3 Å². The number of methoxy groups -OCH3 is 1. The lowest BCUT2D eigenvalue weighted by molar-refractivity contribution is -0.132. The van der Waals surface area contributed by atoms with Gasteiger partial charge in [0.15, 0.2) is 0 Å². The summed E-state index contributed by atoms with van der Waals surface area (Å²) in [6.45, 7) is 8.02. The quantitative estimate of drug-likeness (QED) is 0.284. The second kappa shape index (κ2) is 9.02. The first-order valence-electron chi connectivity index (χ1n) is 11.4. The molecule has 0 aromatic heterocycles. The van der Waals surface area contributed by atoms with Crippen molar-refractivity contribution in [1.29, 1.82) is 0 Å². The van der Waals surface area contributed by atoms with Crippen molar-refractivity contribution >= 4 is 23.1 Å². The Bertz CT molecular complexity index is 1340. The lowest BCUT2D eigenvalue weighted by Crippen LogP contribution is -2.29. The summed E-state index contributed by atoms with van der Waals surface area (Å²) >= 11 is 0. The van der Waals surface area contributed by atoms with E-state index in [1.165, 1.54) is 36.3 Å². The van der Waals surface area contributed by atoms with Crippen LogP contribution in [0, 0.1) is 12.7 Å². The number of para-hydroxylation sites is 1. The number of benzene rings is 3. The summed E-state index contributed by atoms with van der Waals surface area (Å²) in [7, 11) is 1.50. The fourth-order valence-electron chi connectivity index (χ4n) is 4.38. The highest BCUT2D eigenvalue weighted by Crippen LogP contribution is 2.45. The molecule has 0 radical (unpaired) electrons. The molecule has 0 spiro atoms. The van der Waals surface area contributed by atoms with Crippen LogP contribution in [0.4, 0.5) is 10.1 Å². The van der Waals surface area contributed by atoms with Crippen molar-refractivity contribution in [3.05, 3.63) is 100 Å². The van der Waals surface area contributed by atoms with E-state index in [2.05, 4.69) is 20.8 Å². The summed E-state index contributed by atoms with van der Waals surface area (Å²) in [5, 5.41) is 11.6. The molecule has 1 heterocycles. The maximum atomic E-state index is 13.7. The van der Waals surface area contributed by atoms with Gasteiger partial charge in [0.05, 0.1) is 18.7 Å². The van der Waals surface area contributed by atoms with Gasteiger partial charge in [-0.05, 0) is 59.9 Å². The van der Waals surface area contributed by atoms with Gasteiger partial charge < -0.3 is 9.84 Å². The van der Waals surface area contributed by atoms with Crippen molar-refractivity contribution in [1.82, 2.24) is 0 Å². The first-order valence-corrected chi connectivity index (χ1v) is 11.4. The van der Waals surface area contributed by atoms with Crippen molar-refractivity contribution < 1.29 is 23.8 Å². The Morgan fingerprint density at radius 2 is 1.66 bits per heavy atom. The second-order valence-corrected chi connectivity index (χ2v) is 9.67. The van der Waals surface area contributed by atoms with Crippen LogP contribution < -0.4 is 9.64 Å². The molecule has 1 saturated heterocycles. The molecular weight excluding hydrogens is 445 g/mol. The topological polar surface area (TPSA) is 66.8 Å². The third-order valence-electron chi connectivity index (χ3n) is 6.34. The summed E-state index contributed by atoms with van der Waals surface area (Å²) < 4.78 is 19.2. The Balaban J connectivity index is 2.01. The van der Waals surface area contributed by atoms with E-state index in [0.29, 0.717) is 22.6 Å². The number of ketones is 1. The zero-order chi connectivity index (χ0) is 25.5. The smallest absolute Gasteiger partial charge is 0.300 e. The van der Waals surface area contributed by atoms with Gasteiger partial charge in [0, 0.05) is 16.8 Å². The first kappa shape index (κ1) is 24.2. The summed E-state index contributed by atoms with van der Waals surface area (Å²) in [6.07, 6.45) is 0. The number of amides is 1. The Morgan fingerprint density at radius 1 is 1.00 bits per heavy atom. The number of anilines is 1. The predicted octanol–water partition coefficient (Wildman–Crippen LogP) is 6.07. The van der Waals surface area contributed by atoms with Crippen LogP contribution in [-0.2, 0) is 15.0 Å². The average Bonchev–Trinajstić information content (AvgIpc) is 3.09. The lowest BCUT2D eigenvalue weighted by atomic mass is 9.84. The van der Waals surface area contributed by atoms with Gasteiger partial charge in [-0.25, -0.2) is 4.39 Å². The number of Topliss-reactive ketones (excluding diaryl/α,β-unsaturated/α-hetero) is 1.